The molecule has 0 unspecified atom stereocenters. The van der Waals surface area contributed by atoms with Crippen LogP contribution >= 0.6 is 0 Å². The maximum absolute atomic E-state index is 10.4. The minimum atomic E-state index is -0.849. The number of rotatable bonds is 6. The Balaban J connectivity index is 1.76. The smallest absolute Gasteiger partial charge is 0.327 e. The molecule has 3 nitrogen and oxygen atoms in total. The van der Waals surface area contributed by atoms with Crippen LogP contribution in [-0.4, -0.2) is 18.2 Å². The summed E-state index contributed by atoms with van der Waals surface area (Å²) in [6.45, 7) is 0. The molecule has 0 bridgehead atoms. The van der Waals surface area contributed by atoms with Crippen LogP contribution in [0.5, 0.6) is 5.75 Å². The number of methoxy groups -OCH3 is 1. The Morgan fingerprint density at radius 3 is 2.48 bits per heavy atom. The lowest BCUT2D eigenvalue weighted by molar-refractivity contribution is -0.131. The van der Waals surface area contributed by atoms with Crippen molar-refractivity contribution >= 4 is 5.97 Å². The molecule has 0 aliphatic heterocycles. The largest absolute Gasteiger partial charge is 0.497 e. The summed E-state index contributed by atoms with van der Waals surface area (Å²) >= 11 is 0. The molecule has 1 aromatic rings. The standard InChI is InChI=1S/C18H24O3/c1-21-17-12-10-16(11-13-17)15-8-6-14(7-9-15)4-2-3-5-18(19)20/h3,5,10-15H,2,4,6-9H2,1H3,(H,19,20)/b5-3+/t14-,15-. The molecule has 1 aliphatic carbocycles. The Morgan fingerprint density at radius 1 is 1.24 bits per heavy atom. The molecule has 2 rings (SSSR count). The normalized spacial score (nSPS) is 22.3. The highest BCUT2D eigenvalue weighted by molar-refractivity contribution is 5.79. The van der Waals surface area contributed by atoms with Crippen molar-refractivity contribution in [3.05, 3.63) is 42.0 Å². The molecule has 0 amide bonds. The van der Waals surface area contributed by atoms with Crippen molar-refractivity contribution in [1.29, 1.82) is 0 Å². The first-order valence-electron chi connectivity index (χ1n) is 7.72. The Hall–Kier alpha value is -1.77. The summed E-state index contributed by atoms with van der Waals surface area (Å²) in [5, 5.41) is 8.55. The molecule has 1 aliphatic rings. The van der Waals surface area contributed by atoms with Crippen LogP contribution < -0.4 is 4.74 Å². The van der Waals surface area contributed by atoms with Gasteiger partial charge in [0.1, 0.15) is 5.75 Å². The lowest BCUT2D eigenvalue weighted by atomic mass is 9.77. The van der Waals surface area contributed by atoms with Crippen molar-refractivity contribution in [3.63, 3.8) is 0 Å². The van der Waals surface area contributed by atoms with E-state index in [4.69, 9.17) is 9.84 Å². The van der Waals surface area contributed by atoms with E-state index in [1.54, 1.807) is 13.2 Å². The zero-order valence-electron chi connectivity index (χ0n) is 12.6. The van der Waals surface area contributed by atoms with Crippen LogP contribution in [-0.2, 0) is 4.79 Å². The average molecular weight is 288 g/mol. The summed E-state index contributed by atoms with van der Waals surface area (Å²) in [6.07, 6.45) is 9.98. The van der Waals surface area contributed by atoms with Gasteiger partial charge in [-0.1, -0.05) is 18.2 Å². The highest BCUT2D eigenvalue weighted by Crippen LogP contribution is 2.37. The number of ether oxygens (including phenoxy) is 1. The van der Waals surface area contributed by atoms with Crippen molar-refractivity contribution in [3.8, 4) is 5.75 Å². The fourth-order valence-corrected chi connectivity index (χ4v) is 3.18. The maximum atomic E-state index is 10.4. The van der Waals surface area contributed by atoms with E-state index in [0.29, 0.717) is 5.92 Å². The van der Waals surface area contributed by atoms with Gasteiger partial charge in [0.15, 0.2) is 0 Å². The van der Waals surface area contributed by atoms with Gasteiger partial charge < -0.3 is 9.84 Å². The van der Waals surface area contributed by atoms with Gasteiger partial charge in [-0.05, 0) is 68.1 Å². The van der Waals surface area contributed by atoms with E-state index in [-0.39, 0.29) is 0 Å². The summed E-state index contributed by atoms with van der Waals surface area (Å²) in [5.74, 6) is 1.48. The van der Waals surface area contributed by atoms with Crippen LogP contribution in [0.3, 0.4) is 0 Å². The first-order valence-corrected chi connectivity index (χ1v) is 7.72. The molecule has 0 aromatic heterocycles. The number of allylic oxidation sites excluding steroid dienone is 1. The van der Waals surface area contributed by atoms with Gasteiger partial charge in [-0.2, -0.15) is 0 Å². The molecule has 0 heterocycles. The van der Waals surface area contributed by atoms with E-state index in [9.17, 15) is 4.79 Å². The summed E-state index contributed by atoms with van der Waals surface area (Å²) in [4.78, 5) is 10.4. The summed E-state index contributed by atoms with van der Waals surface area (Å²) in [7, 11) is 1.69. The number of hydrogen-bond acceptors (Lipinski definition) is 2. The van der Waals surface area contributed by atoms with E-state index in [1.165, 1.54) is 37.3 Å². The quantitative estimate of drug-likeness (QED) is 0.790. The topological polar surface area (TPSA) is 46.5 Å². The lowest BCUT2D eigenvalue weighted by Crippen LogP contribution is -2.13. The SMILES string of the molecule is COc1ccc([C@H]2CC[C@H](CC/C=C/C(=O)O)CC2)cc1. The summed E-state index contributed by atoms with van der Waals surface area (Å²) < 4.78 is 5.20. The first kappa shape index (κ1) is 15.6. The number of benzene rings is 1. The van der Waals surface area contributed by atoms with Gasteiger partial charge in [0.2, 0.25) is 0 Å². The van der Waals surface area contributed by atoms with Gasteiger partial charge in [-0.25, -0.2) is 4.79 Å². The Labute approximate surface area is 126 Å². The van der Waals surface area contributed by atoms with E-state index < -0.39 is 5.97 Å². The van der Waals surface area contributed by atoms with E-state index in [1.807, 2.05) is 12.1 Å². The van der Waals surface area contributed by atoms with E-state index >= 15 is 0 Å². The average Bonchev–Trinajstić information content (AvgIpc) is 2.52. The van der Waals surface area contributed by atoms with Crippen LogP contribution in [0.25, 0.3) is 0 Å². The Bertz CT molecular complexity index is 468. The predicted molar refractivity (Wildman–Crippen MR) is 83.7 cm³/mol. The number of carboxylic acid groups (broad SMARTS) is 1. The van der Waals surface area contributed by atoms with Gasteiger partial charge in [-0.3, -0.25) is 0 Å². The fourth-order valence-electron chi connectivity index (χ4n) is 3.18. The molecule has 1 aromatic carbocycles. The third kappa shape index (κ3) is 4.92. The Kier molecular flexibility index (Phi) is 5.85. The minimum Gasteiger partial charge on any atom is -0.497 e. The molecule has 0 saturated heterocycles. The second-order valence-corrected chi connectivity index (χ2v) is 5.81. The monoisotopic (exact) mass is 288 g/mol. The van der Waals surface area contributed by atoms with Crippen molar-refractivity contribution in [2.24, 2.45) is 5.92 Å². The zero-order chi connectivity index (χ0) is 15.1. The highest BCUT2D eigenvalue weighted by Gasteiger charge is 2.21. The number of aliphatic carboxylic acids is 1. The molecular formula is C18H24O3. The summed E-state index contributed by atoms with van der Waals surface area (Å²) in [5.41, 5.74) is 1.42. The molecule has 1 saturated carbocycles. The molecule has 0 atom stereocenters. The minimum absolute atomic E-state index is 0.668. The Morgan fingerprint density at radius 2 is 1.90 bits per heavy atom. The lowest BCUT2D eigenvalue weighted by Gasteiger charge is -2.28. The molecule has 1 fully saturated rings. The second kappa shape index (κ2) is 7.87. The predicted octanol–water partition coefficient (Wildman–Crippen LogP) is 4.39. The number of hydrogen-bond donors (Lipinski definition) is 1. The molecule has 0 spiro atoms. The molecule has 3 heteroatoms. The maximum Gasteiger partial charge on any atom is 0.327 e. The van der Waals surface area contributed by atoms with Crippen molar-refractivity contribution in [2.75, 3.05) is 7.11 Å². The highest BCUT2D eigenvalue weighted by atomic mass is 16.5. The molecule has 1 N–H and O–H groups in total. The molecular weight excluding hydrogens is 264 g/mol. The van der Waals surface area contributed by atoms with E-state index in [0.717, 1.165) is 24.5 Å². The van der Waals surface area contributed by atoms with Gasteiger partial charge in [0.25, 0.3) is 0 Å². The van der Waals surface area contributed by atoms with Gasteiger partial charge in [0.05, 0.1) is 7.11 Å². The van der Waals surface area contributed by atoms with Gasteiger partial charge in [0, 0.05) is 6.08 Å². The van der Waals surface area contributed by atoms with Gasteiger partial charge in [-0.15, -0.1) is 0 Å². The molecule has 114 valence electrons. The zero-order valence-corrected chi connectivity index (χ0v) is 12.6. The third-order valence-corrected chi connectivity index (χ3v) is 4.44. The van der Waals surface area contributed by atoms with Crippen LogP contribution in [0.15, 0.2) is 36.4 Å². The van der Waals surface area contributed by atoms with Gasteiger partial charge >= 0.3 is 5.97 Å². The van der Waals surface area contributed by atoms with Crippen molar-refractivity contribution in [1.82, 2.24) is 0 Å². The molecule has 0 radical (unpaired) electrons. The van der Waals surface area contributed by atoms with Crippen LogP contribution in [0.1, 0.15) is 50.0 Å². The first-order chi connectivity index (χ1) is 10.2. The summed E-state index contributed by atoms with van der Waals surface area (Å²) in [6, 6.07) is 8.44. The number of carbonyl (C=O) groups is 1. The number of carboxylic acids is 1. The van der Waals surface area contributed by atoms with Crippen LogP contribution in [0.2, 0.25) is 0 Å². The van der Waals surface area contributed by atoms with Crippen molar-refractivity contribution in [2.45, 2.75) is 44.4 Å². The van der Waals surface area contributed by atoms with Crippen molar-refractivity contribution < 1.29 is 14.6 Å². The van der Waals surface area contributed by atoms with Crippen LogP contribution in [0, 0.1) is 5.92 Å². The third-order valence-electron chi connectivity index (χ3n) is 4.44. The molecule has 21 heavy (non-hydrogen) atoms. The van der Waals surface area contributed by atoms with Crippen LogP contribution in [0.4, 0.5) is 0 Å². The van der Waals surface area contributed by atoms with E-state index in [2.05, 4.69) is 12.1 Å². The fraction of sp³-hybridized carbons (Fsp3) is 0.500. The second-order valence-electron chi connectivity index (χ2n) is 5.81.